The van der Waals surface area contributed by atoms with Crippen molar-refractivity contribution in [2.75, 3.05) is 11.9 Å². The molecule has 0 spiro atoms. The normalized spacial score (nSPS) is 25.7. The van der Waals surface area contributed by atoms with Crippen LogP contribution in [0, 0.1) is 5.92 Å². The lowest BCUT2D eigenvalue weighted by Crippen LogP contribution is -2.35. The van der Waals surface area contributed by atoms with Gasteiger partial charge in [-0.05, 0) is 18.8 Å². The Kier molecular flexibility index (Phi) is 3.49. The van der Waals surface area contributed by atoms with Crippen LogP contribution < -0.4 is 10.6 Å². The Morgan fingerprint density at radius 3 is 3.00 bits per heavy atom. The van der Waals surface area contributed by atoms with Crippen LogP contribution in [0.5, 0.6) is 0 Å². The Bertz CT molecular complexity index is 337. The highest BCUT2D eigenvalue weighted by atomic mass is 16.4. The van der Waals surface area contributed by atoms with E-state index in [1.807, 2.05) is 0 Å². The minimum absolute atomic E-state index is 0.443. The Hall–Kier alpha value is -1.03. The lowest BCUT2D eigenvalue weighted by Gasteiger charge is -2.33. The lowest BCUT2D eigenvalue weighted by atomic mass is 9.86. The molecule has 4 nitrogen and oxygen atoms in total. The van der Waals surface area contributed by atoms with E-state index >= 15 is 0 Å². The molecule has 0 saturated heterocycles. The van der Waals surface area contributed by atoms with Crippen molar-refractivity contribution >= 4 is 6.01 Å². The fourth-order valence-electron chi connectivity index (χ4n) is 2.46. The van der Waals surface area contributed by atoms with Crippen LogP contribution in [0.25, 0.3) is 0 Å². The highest BCUT2D eigenvalue weighted by Gasteiger charge is 2.24. The number of nitrogens with two attached hydrogens (primary N) is 1. The van der Waals surface area contributed by atoms with Crippen LogP contribution in [0.15, 0.2) is 10.7 Å². The van der Waals surface area contributed by atoms with Gasteiger partial charge in [0.1, 0.15) is 6.26 Å². The van der Waals surface area contributed by atoms with Gasteiger partial charge in [-0.1, -0.05) is 19.8 Å². The number of anilines is 1. The number of nitrogens with zero attached hydrogens (tertiary/aromatic N) is 2. The highest BCUT2D eigenvalue weighted by molar-refractivity contribution is 5.27. The molecule has 0 radical (unpaired) electrons. The zero-order valence-corrected chi connectivity index (χ0v) is 10.1. The van der Waals surface area contributed by atoms with Crippen LogP contribution in [-0.2, 0) is 6.54 Å². The van der Waals surface area contributed by atoms with Gasteiger partial charge in [-0.15, -0.1) is 0 Å². The number of oxazole rings is 1. The van der Waals surface area contributed by atoms with Gasteiger partial charge in [0.25, 0.3) is 6.01 Å². The van der Waals surface area contributed by atoms with E-state index in [0.717, 1.165) is 11.6 Å². The maximum Gasteiger partial charge on any atom is 0.297 e. The number of hydrogen-bond acceptors (Lipinski definition) is 4. The molecule has 1 aromatic rings. The number of hydrogen-bond donors (Lipinski definition) is 1. The van der Waals surface area contributed by atoms with Gasteiger partial charge in [0.05, 0.1) is 5.69 Å². The maximum absolute atomic E-state index is 5.52. The standard InChI is InChI=1S/C12H21N3O/c1-9-4-3-5-11(6-9)15(2)12-14-10(7-13)8-16-12/h8-9,11H,3-7,13H2,1-2H3. The average molecular weight is 223 g/mol. The minimum atomic E-state index is 0.443. The molecule has 90 valence electrons. The summed E-state index contributed by atoms with van der Waals surface area (Å²) in [6.07, 6.45) is 6.78. The summed E-state index contributed by atoms with van der Waals surface area (Å²) < 4.78 is 5.44. The summed E-state index contributed by atoms with van der Waals surface area (Å²) in [4.78, 5) is 6.52. The topological polar surface area (TPSA) is 55.3 Å². The predicted octanol–water partition coefficient (Wildman–Crippen LogP) is 2.15. The molecule has 2 rings (SSSR count). The summed E-state index contributed by atoms with van der Waals surface area (Å²) in [6.45, 7) is 2.76. The molecule has 1 aliphatic carbocycles. The van der Waals surface area contributed by atoms with Gasteiger partial charge in [0.2, 0.25) is 0 Å². The SMILES string of the molecule is CC1CCCC(N(C)c2nc(CN)co2)C1. The molecule has 0 bridgehead atoms. The summed E-state index contributed by atoms with van der Waals surface area (Å²) in [5, 5.41) is 0. The molecule has 2 unspecified atom stereocenters. The molecule has 1 aliphatic rings. The van der Waals surface area contributed by atoms with Crippen molar-refractivity contribution in [2.45, 2.75) is 45.2 Å². The van der Waals surface area contributed by atoms with E-state index in [2.05, 4.69) is 23.9 Å². The number of aromatic nitrogens is 1. The Balaban J connectivity index is 2.02. The van der Waals surface area contributed by atoms with Crippen LogP contribution in [0.2, 0.25) is 0 Å². The lowest BCUT2D eigenvalue weighted by molar-refractivity contribution is 0.327. The molecule has 4 heteroatoms. The summed E-state index contributed by atoms with van der Waals surface area (Å²) in [5.41, 5.74) is 6.35. The molecule has 0 aromatic carbocycles. The first-order valence-corrected chi connectivity index (χ1v) is 6.08. The summed E-state index contributed by atoms with van der Waals surface area (Å²) in [6, 6.07) is 1.27. The largest absolute Gasteiger partial charge is 0.432 e. The van der Waals surface area contributed by atoms with E-state index in [0.29, 0.717) is 18.6 Å². The second kappa shape index (κ2) is 4.87. The van der Waals surface area contributed by atoms with Gasteiger partial charge < -0.3 is 15.1 Å². The molecular weight excluding hydrogens is 202 g/mol. The van der Waals surface area contributed by atoms with Crippen LogP contribution in [-0.4, -0.2) is 18.1 Å². The zero-order chi connectivity index (χ0) is 11.5. The third-order valence-corrected chi connectivity index (χ3v) is 3.51. The summed E-state index contributed by atoms with van der Waals surface area (Å²) >= 11 is 0. The van der Waals surface area contributed by atoms with Crippen molar-refractivity contribution in [3.05, 3.63) is 12.0 Å². The smallest absolute Gasteiger partial charge is 0.297 e. The van der Waals surface area contributed by atoms with Crippen LogP contribution in [0.3, 0.4) is 0 Å². The van der Waals surface area contributed by atoms with Crippen LogP contribution in [0.4, 0.5) is 6.01 Å². The van der Waals surface area contributed by atoms with Crippen LogP contribution in [0.1, 0.15) is 38.3 Å². The minimum Gasteiger partial charge on any atom is -0.432 e. The third-order valence-electron chi connectivity index (χ3n) is 3.51. The second-order valence-electron chi connectivity index (χ2n) is 4.86. The zero-order valence-electron chi connectivity index (χ0n) is 10.1. The van der Waals surface area contributed by atoms with E-state index in [1.54, 1.807) is 6.26 Å². The molecule has 2 atom stereocenters. The van der Waals surface area contributed by atoms with Gasteiger partial charge in [0, 0.05) is 19.6 Å². The quantitative estimate of drug-likeness (QED) is 0.853. The Morgan fingerprint density at radius 1 is 1.56 bits per heavy atom. The average Bonchev–Trinajstić information content (AvgIpc) is 2.76. The monoisotopic (exact) mass is 223 g/mol. The van der Waals surface area contributed by atoms with Crippen molar-refractivity contribution in [3.63, 3.8) is 0 Å². The fourth-order valence-corrected chi connectivity index (χ4v) is 2.46. The van der Waals surface area contributed by atoms with Crippen molar-refractivity contribution < 1.29 is 4.42 Å². The Morgan fingerprint density at radius 2 is 2.38 bits per heavy atom. The molecule has 1 heterocycles. The van der Waals surface area contributed by atoms with E-state index < -0.39 is 0 Å². The molecule has 16 heavy (non-hydrogen) atoms. The first-order valence-electron chi connectivity index (χ1n) is 6.08. The molecular formula is C12H21N3O. The summed E-state index contributed by atoms with van der Waals surface area (Å²) in [5.74, 6) is 0.810. The van der Waals surface area contributed by atoms with Crippen LogP contribution >= 0.6 is 0 Å². The molecule has 0 aliphatic heterocycles. The Labute approximate surface area is 96.8 Å². The highest BCUT2D eigenvalue weighted by Crippen LogP contribution is 2.29. The van der Waals surface area contributed by atoms with E-state index in [9.17, 15) is 0 Å². The maximum atomic E-state index is 5.52. The van der Waals surface area contributed by atoms with E-state index in [1.165, 1.54) is 25.7 Å². The van der Waals surface area contributed by atoms with Gasteiger partial charge >= 0.3 is 0 Å². The van der Waals surface area contributed by atoms with Crippen molar-refractivity contribution in [2.24, 2.45) is 11.7 Å². The first kappa shape index (κ1) is 11.5. The molecule has 1 aromatic heterocycles. The second-order valence-corrected chi connectivity index (χ2v) is 4.86. The van der Waals surface area contributed by atoms with E-state index in [-0.39, 0.29) is 0 Å². The molecule has 0 amide bonds. The third kappa shape index (κ3) is 2.38. The van der Waals surface area contributed by atoms with Gasteiger partial charge in [-0.2, -0.15) is 4.98 Å². The molecule has 2 N–H and O–H groups in total. The fraction of sp³-hybridized carbons (Fsp3) is 0.750. The van der Waals surface area contributed by atoms with Gasteiger partial charge in [0.15, 0.2) is 0 Å². The summed E-state index contributed by atoms with van der Waals surface area (Å²) in [7, 11) is 2.06. The van der Waals surface area contributed by atoms with Gasteiger partial charge in [-0.3, -0.25) is 0 Å². The van der Waals surface area contributed by atoms with E-state index in [4.69, 9.17) is 10.2 Å². The molecule has 1 fully saturated rings. The predicted molar refractivity (Wildman–Crippen MR) is 64.2 cm³/mol. The number of rotatable bonds is 3. The van der Waals surface area contributed by atoms with Gasteiger partial charge in [-0.25, -0.2) is 0 Å². The van der Waals surface area contributed by atoms with Crippen molar-refractivity contribution in [1.29, 1.82) is 0 Å². The first-order chi connectivity index (χ1) is 7.70. The van der Waals surface area contributed by atoms with Crippen molar-refractivity contribution in [1.82, 2.24) is 4.98 Å². The molecule has 1 saturated carbocycles. The van der Waals surface area contributed by atoms with Crippen molar-refractivity contribution in [3.8, 4) is 0 Å².